The van der Waals surface area contributed by atoms with Crippen molar-refractivity contribution in [1.82, 2.24) is 15.5 Å². The van der Waals surface area contributed by atoms with E-state index in [9.17, 15) is 4.79 Å². The van der Waals surface area contributed by atoms with Crippen molar-refractivity contribution in [2.24, 2.45) is 0 Å². The van der Waals surface area contributed by atoms with Gasteiger partial charge in [-0.1, -0.05) is 23.8 Å². The number of hydrogen-bond acceptors (Lipinski definition) is 2. The average molecular weight is 257 g/mol. The van der Waals surface area contributed by atoms with Crippen LogP contribution in [0.1, 0.15) is 35.2 Å². The van der Waals surface area contributed by atoms with Crippen LogP contribution in [0.2, 0.25) is 0 Å². The molecule has 2 aromatic rings. The Kier molecular flexibility index (Phi) is 4.00. The standard InChI is InChI=1S/C15H19N3O/c1-10-4-5-11(2)13(6-10)7-15(19)18-12(3)14-8-16-17-9-14/h4-6,8-9,12H,7H2,1-3H3,(H,16,17)(H,18,19). The van der Waals surface area contributed by atoms with Crippen LogP contribution in [0.4, 0.5) is 0 Å². The number of carbonyl (C=O) groups excluding carboxylic acids is 1. The summed E-state index contributed by atoms with van der Waals surface area (Å²) in [6.07, 6.45) is 3.93. The van der Waals surface area contributed by atoms with Crippen molar-refractivity contribution in [2.75, 3.05) is 0 Å². The van der Waals surface area contributed by atoms with Crippen molar-refractivity contribution < 1.29 is 4.79 Å². The second-order valence-electron chi connectivity index (χ2n) is 4.93. The number of amides is 1. The lowest BCUT2D eigenvalue weighted by Gasteiger charge is -2.13. The van der Waals surface area contributed by atoms with Gasteiger partial charge in [0, 0.05) is 11.8 Å². The highest BCUT2D eigenvalue weighted by molar-refractivity contribution is 5.79. The molecule has 0 aliphatic heterocycles. The van der Waals surface area contributed by atoms with Gasteiger partial charge in [0.15, 0.2) is 0 Å². The van der Waals surface area contributed by atoms with E-state index in [0.29, 0.717) is 6.42 Å². The van der Waals surface area contributed by atoms with Gasteiger partial charge in [0.1, 0.15) is 0 Å². The molecule has 1 aromatic heterocycles. The van der Waals surface area contributed by atoms with Crippen LogP contribution < -0.4 is 5.32 Å². The SMILES string of the molecule is Cc1ccc(C)c(CC(=O)NC(C)c2cn[nH]c2)c1. The molecule has 2 rings (SSSR count). The van der Waals surface area contributed by atoms with Crippen LogP contribution in [-0.4, -0.2) is 16.1 Å². The minimum Gasteiger partial charge on any atom is -0.349 e. The first-order chi connectivity index (χ1) is 9.06. The molecule has 0 aliphatic rings. The van der Waals surface area contributed by atoms with Gasteiger partial charge >= 0.3 is 0 Å². The maximum absolute atomic E-state index is 12.0. The summed E-state index contributed by atoms with van der Waals surface area (Å²) in [7, 11) is 0. The summed E-state index contributed by atoms with van der Waals surface area (Å²) < 4.78 is 0. The van der Waals surface area contributed by atoms with Crippen LogP contribution in [0, 0.1) is 13.8 Å². The monoisotopic (exact) mass is 257 g/mol. The molecule has 100 valence electrons. The minimum absolute atomic E-state index is 0.0300. The summed E-state index contributed by atoms with van der Waals surface area (Å²) in [6, 6.07) is 6.15. The number of benzene rings is 1. The van der Waals surface area contributed by atoms with E-state index in [2.05, 4.69) is 33.7 Å². The zero-order valence-electron chi connectivity index (χ0n) is 11.5. The van der Waals surface area contributed by atoms with Gasteiger partial charge < -0.3 is 5.32 Å². The van der Waals surface area contributed by atoms with E-state index in [1.165, 1.54) is 5.56 Å². The predicted molar refractivity (Wildman–Crippen MR) is 74.8 cm³/mol. The lowest BCUT2D eigenvalue weighted by molar-refractivity contribution is -0.121. The third kappa shape index (κ3) is 3.44. The molecule has 2 N–H and O–H groups in total. The van der Waals surface area contributed by atoms with Crippen molar-refractivity contribution in [3.8, 4) is 0 Å². The fourth-order valence-electron chi connectivity index (χ4n) is 2.04. The van der Waals surface area contributed by atoms with Gasteiger partial charge in [-0.15, -0.1) is 0 Å². The Morgan fingerprint density at radius 1 is 1.42 bits per heavy atom. The molecule has 4 heteroatoms. The molecule has 0 bridgehead atoms. The van der Waals surface area contributed by atoms with E-state index in [0.717, 1.165) is 16.7 Å². The molecule has 0 fully saturated rings. The molecule has 1 amide bonds. The van der Waals surface area contributed by atoms with E-state index < -0.39 is 0 Å². The number of aromatic amines is 1. The zero-order valence-corrected chi connectivity index (χ0v) is 11.5. The number of H-pyrrole nitrogens is 1. The van der Waals surface area contributed by atoms with Crippen molar-refractivity contribution in [2.45, 2.75) is 33.2 Å². The van der Waals surface area contributed by atoms with E-state index in [1.54, 1.807) is 12.4 Å². The summed E-state index contributed by atoms with van der Waals surface area (Å²) in [4.78, 5) is 12.0. The van der Waals surface area contributed by atoms with Crippen LogP contribution >= 0.6 is 0 Å². The van der Waals surface area contributed by atoms with Crippen LogP contribution in [0.15, 0.2) is 30.6 Å². The van der Waals surface area contributed by atoms with Crippen LogP contribution in [0.5, 0.6) is 0 Å². The molecule has 1 aromatic carbocycles. The zero-order chi connectivity index (χ0) is 13.8. The molecule has 1 unspecified atom stereocenters. The first-order valence-corrected chi connectivity index (χ1v) is 6.40. The Morgan fingerprint density at radius 3 is 2.89 bits per heavy atom. The topological polar surface area (TPSA) is 57.8 Å². The van der Waals surface area contributed by atoms with Gasteiger partial charge in [-0.3, -0.25) is 9.89 Å². The Bertz CT molecular complexity index is 561. The van der Waals surface area contributed by atoms with Gasteiger partial charge in [0.25, 0.3) is 0 Å². The number of carbonyl (C=O) groups is 1. The highest BCUT2D eigenvalue weighted by atomic mass is 16.1. The first-order valence-electron chi connectivity index (χ1n) is 6.40. The van der Waals surface area contributed by atoms with Gasteiger partial charge in [0.2, 0.25) is 5.91 Å². The van der Waals surface area contributed by atoms with Crippen molar-refractivity contribution in [3.05, 3.63) is 52.8 Å². The fraction of sp³-hybridized carbons (Fsp3) is 0.333. The normalized spacial score (nSPS) is 12.2. The molecule has 1 atom stereocenters. The molecule has 0 radical (unpaired) electrons. The van der Waals surface area contributed by atoms with E-state index in [4.69, 9.17) is 0 Å². The average Bonchev–Trinajstić information content (AvgIpc) is 2.87. The minimum atomic E-state index is -0.0311. The van der Waals surface area contributed by atoms with E-state index in [1.807, 2.05) is 20.8 Å². The number of nitrogens with one attached hydrogen (secondary N) is 2. The Hall–Kier alpha value is -2.10. The summed E-state index contributed by atoms with van der Waals surface area (Å²) in [6.45, 7) is 6.02. The molecular weight excluding hydrogens is 238 g/mol. The molecular formula is C15H19N3O. The van der Waals surface area contributed by atoms with Gasteiger partial charge in [-0.05, 0) is 31.9 Å². The van der Waals surface area contributed by atoms with Crippen LogP contribution in [-0.2, 0) is 11.2 Å². The third-order valence-corrected chi connectivity index (χ3v) is 3.25. The third-order valence-electron chi connectivity index (χ3n) is 3.25. The quantitative estimate of drug-likeness (QED) is 0.884. The largest absolute Gasteiger partial charge is 0.349 e. The molecule has 0 spiro atoms. The molecule has 19 heavy (non-hydrogen) atoms. The molecule has 4 nitrogen and oxygen atoms in total. The van der Waals surface area contributed by atoms with Crippen molar-refractivity contribution in [3.63, 3.8) is 0 Å². The van der Waals surface area contributed by atoms with E-state index in [-0.39, 0.29) is 11.9 Å². The number of aryl methyl sites for hydroxylation is 2. The Balaban J connectivity index is 1.99. The highest BCUT2D eigenvalue weighted by Gasteiger charge is 2.11. The Morgan fingerprint density at radius 2 is 2.21 bits per heavy atom. The highest BCUT2D eigenvalue weighted by Crippen LogP contribution is 2.13. The maximum atomic E-state index is 12.0. The molecule has 1 heterocycles. The van der Waals surface area contributed by atoms with Crippen LogP contribution in [0.25, 0.3) is 0 Å². The van der Waals surface area contributed by atoms with Gasteiger partial charge in [-0.2, -0.15) is 5.10 Å². The predicted octanol–water partition coefficient (Wildman–Crippen LogP) is 2.45. The van der Waals surface area contributed by atoms with Crippen LogP contribution in [0.3, 0.4) is 0 Å². The summed E-state index contributed by atoms with van der Waals surface area (Å²) in [5.41, 5.74) is 4.39. The summed E-state index contributed by atoms with van der Waals surface area (Å²) in [5.74, 6) is 0.0300. The van der Waals surface area contributed by atoms with Gasteiger partial charge in [-0.25, -0.2) is 0 Å². The fourth-order valence-corrected chi connectivity index (χ4v) is 2.04. The summed E-state index contributed by atoms with van der Waals surface area (Å²) >= 11 is 0. The van der Waals surface area contributed by atoms with E-state index >= 15 is 0 Å². The first kappa shape index (κ1) is 13.3. The maximum Gasteiger partial charge on any atom is 0.224 e. The lowest BCUT2D eigenvalue weighted by atomic mass is 10.0. The molecule has 0 aliphatic carbocycles. The molecule has 0 saturated carbocycles. The Labute approximate surface area is 113 Å². The summed E-state index contributed by atoms with van der Waals surface area (Å²) in [5, 5.41) is 9.61. The number of hydrogen-bond donors (Lipinski definition) is 2. The molecule has 0 saturated heterocycles. The smallest absolute Gasteiger partial charge is 0.224 e. The second kappa shape index (κ2) is 5.69. The van der Waals surface area contributed by atoms with Crippen molar-refractivity contribution in [1.29, 1.82) is 0 Å². The van der Waals surface area contributed by atoms with Crippen molar-refractivity contribution >= 4 is 5.91 Å². The second-order valence-corrected chi connectivity index (χ2v) is 4.93. The number of rotatable bonds is 4. The lowest BCUT2D eigenvalue weighted by Crippen LogP contribution is -2.28. The number of aromatic nitrogens is 2. The number of nitrogens with zero attached hydrogens (tertiary/aromatic N) is 1. The van der Waals surface area contributed by atoms with Gasteiger partial charge in [0.05, 0.1) is 18.7 Å².